The molecule has 1 aliphatic rings. The topological polar surface area (TPSA) is 42.2 Å². The average Bonchev–Trinajstić information content (AvgIpc) is 3.00. The Labute approximate surface area is 118 Å². The van der Waals surface area contributed by atoms with Crippen LogP contribution in [0.1, 0.15) is 30.5 Å². The van der Waals surface area contributed by atoms with E-state index in [-0.39, 0.29) is 0 Å². The molecule has 0 saturated heterocycles. The molecule has 19 heavy (non-hydrogen) atoms. The summed E-state index contributed by atoms with van der Waals surface area (Å²) in [6.45, 7) is 2.87. The summed E-state index contributed by atoms with van der Waals surface area (Å²) in [7, 11) is 0. The first-order valence-electron chi connectivity index (χ1n) is 6.83. The first kappa shape index (κ1) is 12.9. The molecule has 2 aromatic rings. The van der Waals surface area contributed by atoms with Crippen molar-refractivity contribution in [3.05, 3.63) is 29.7 Å². The molecule has 3 rings (SSSR count). The van der Waals surface area contributed by atoms with E-state index in [1.54, 1.807) is 0 Å². The maximum atomic E-state index is 4.44. The summed E-state index contributed by atoms with van der Waals surface area (Å²) >= 11 is 1.99. The van der Waals surface area contributed by atoms with Gasteiger partial charge in [-0.3, -0.25) is 0 Å². The van der Waals surface area contributed by atoms with Crippen molar-refractivity contribution in [1.82, 2.24) is 19.9 Å². The highest BCUT2D eigenvalue weighted by Gasteiger charge is 2.25. The van der Waals surface area contributed by atoms with E-state index < -0.39 is 0 Å². The van der Waals surface area contributed by atoms with Gasteiger partial charge in [-0.2, -0.15) is 16.9 Å². The van der Waals surface area contributed by atoms with Crippen molar-refractivity contribution in [1.29, 1.82) is 0 Å². The third-order valence-electron chi connectivity index (χ3n) is 3.81. The highest BCUT2D eigenvalue weighted by molar-refractivity contribution is 7.99. The summed E-state index contributed by atoms with van der Waals surface area (Å²) in [5.41, 5.74) is 3.13. The number of thioether (sulfide) groups is 1. The Kier molecular flexibility index (Phi) is 3.75. The Morgan fingerprint density at radius 3 is 3.21 bits per heavy atom. The Morgan fingerprint density at radius 1 is 1.47 bits per heavy atom. The smallest absolute Gasteiger partial charge is 0.155 e. The van der Waals surface area contributed by atoms with E-state index in [0.717, 1.165) is 23.1 Å². The number of nitrogens with zero attached hydrogens (tertiary/aromatic N) is 3. The number of fused-ring (bicyclic) bond motifs is 1. The molecular weight excluding hydrogens is 256 g/mol. The van der Waals surface area contributed by atoms with Crippen LogP contribution < -0.4 is 5.32 Å². The molecule has 2 heterocycles. The van der Waals surface area contributed by atoms with E-state index in [2.05, 4.69) is 27.9 Å². The fraction of sp³-hybridized carbons (Fsp3) is 0.571. The Morgan fingerprint density at radius 2 is 2.37 bits per heavy atom. The predicted octanol–water partition coefficient (Wildman–Crippen LogP) is 2.41. The number of aromatic nitrogens is 3. The van der Waals surface area contributed by atoms with Gasteiger partial charge in [0.25, 0.3) is 0 Å². The predicted molar refractivity (Wildman–Crippen MR) is 79.5 cm³/mol. The summed E-state index contributed by atoms with van der Waals surface area (Å²) in [6.07, 6.45) is 10.2. The average molecular weight is 276 g/mol. The van der Waals surface area contributed by atoms with Crippen molar-refractivity contribution in [3.63, 3.8) is 0 Å². The normalized spacial score (nSPS) is 23.3. The van der Waals surface area contributed by atoms with E-state index in [0.29, 0.717) is 6.04 Å². The van der Waals surface area contributed by atoms with Crippen LogP contribution in [0.15, 0.2) is 18.5 Å². The minimum absolute atomic E-state index is 0.644. The van der Waals surface area contributed by atoms with Crippen molar-refractivity contribution in [3.8, 4) is 0 Å². The number of nitrogens with one attached hydrogen (secondary N) is 1. The van der Waals surface area contributed by atoms with Crippen molar-refractivity contribution >= 4 is 17.4 Å². The molecule has 0 aromatic carbocycles. The van der Waals surface area contributed by atoms with Crippen LogP contribution in [-0.4, -0.2) is 32.1 Å². The van der Waals surface area contributed by atoms with Gasteiger partial charge in [0.2, 0.25) is 0 Å². The largest absolute Gasteiger partial charge is 0.309 e. The van der Waals surface area contributed by atoms with Gasteiger partial charge in [-0.1, -0.05) is 6.42 Å². The summed E-state index contributed by atoms with van der Waals surface area (Å²) in [5.74, 6) is 0. The highest BCUT2D eigenvalue weighted by Crippen LogP contribution is 2.28. The molecule has 1 aliphatic carbocycles. The maximum Gasteiger partial charge on any atom is 0.155 e. The third-order valence-corrected chi connectivity index (χ3v) is 4.98. The van der Waals surface area contributed by atoms with Crippen molar-refractivity contribution < 1.29 is 0 Å². The van der Waals surface area contributed by atoms with Crippen LogP contribution in [0.4, 0.5) is 0 Å². The molecule has 0 amide bonds. The molecule has 1 saturated carbocycles. The number of rotatable bonds is 4. The molecule has 2 aromatic heterocycles. The highest BCUT2D eigenvalue weighted by atomic mass is 32.2. The van der Waals surface area contributed by atoms with Crippen LogP contribution in [0.25, 0.3) is 5.65 Å². The van der Waals surface area contributed by atoms with Gasteiger partial charge in [-0.05, 0) is 26.0 Å². The van der Waals surface area contributed by atoms with Gasteiger partial charge < -0.3 is 5.32 Å². The summed E-state index contributed by atoms with van der Waals surface area (Å²) < 4.78 is 1.87. The second-order valence-corrected chi connectivity index (χ2v) is 6.32. The van der Waals surface area contributed by atoms with Gasteiger partial charge in [0.15, 0.2) is 5.65 Å². The Hall–Kier alpha value is -1.07. The van der Waals surface area contributed by atoms with Gasteiger partial charge in [0, 0.05) is 41.9 Å². The van der Waals surface area contributed by atoms with Gasteiger partial charge >= 0.3 is 0 Å². The quantitative estimate of drug-likeness (QED) is 0.931. The minimum atomic E-state index is 0.644. The zero-order valence-corrected chi connectivity index (χ0v) is 12.3. The van der Waals surface area contributed by atoms with Gasteiger partial charge in [0.1, 0.15) is 0 Å². The molecule has 0 aliphatic heterocycles. The number of hydrogen-bond donors (Lipinski definition) is 1. The fourth-order valence-corrected chi connectivity index (χ4v) is 3.78. The zero-order valence-electron chi connectivity index (χ0n) is 11.5. The van der Waals surface area contributed by atoms with E-state index >= 15 is 0 Å². The lowest BCUT2D eigenvalue weighted by atomic mass is 10.2. The van der Waals surface area contributed by atoms with Crippen LogP contribution in [0.3, 0.4) is 0 Å². The monoisotopic (exact) mass is 276 g/mol. The van der Waals surface area contributed by atoms with Crippen LogP contribution in [-0.2, 0) is 6.54 Å². The molecule has 0 bridgehead atoms. The first-order chi connectivity index (χ1) is 9.26. The molecule has 0 radical (unpaired) electrons. The third kappa shape index (κ3) is 2.77. The molecule has 2 unspecified atom stereocenters. The van der Waals surface area contributed by atoms with E-state index in [1.807, 2.05) is 35.5 Å². The second kappa shape index (κ2) is 5.51. The lowest BCUT2D eigenvalue weighted by molar-refractivity contribution is 0.530. The Bertz CT molecular complexity index is 566. The molecule has 0 spiro atoms. The second-order valence-electron chi connectivity index (χ2n) is 5.24. The fourth-order valence-electron chi connectivity index (χ4n) is 2.82. The summed E-state index contributed by atoms with van der Waals surface area (Å²) in [6, 6.07) is 2.64. The van der Waals surface area contributed by atoms with Gasteiger partial charge in [-0.15, -0.1) is 0 Å². The summed E-state index contributed by atoms with van der Waals surface area (Å²) in [4.78, 5) is 4.44. The standard InChI is InChI=1S/C14H20N4S/c1-10-6-14-16-8-11(9-18(14)17-10)7-15-12-4-3-5-13(12)19-2/h6,8-9,12-13,15H,3-5,7H2,1-2H3. The molecule has 1 fully saturated rings. The lowest BCUT2D eigenvalue weighted by Crippen LogP contribution is -2.33. The molecule has 2 atom stereocenters. The molecule has 1 N–H and O–H groups in total. The Balaban J connectivity index is 1.67. The minimum Gasteiger partial charge on any atom is -0.309 e. The molecule has 4 nitrogen and oxygen atoms in total. The van der Waals surface area contributed by atoms with E-state index in [1.165, 1.54) is 24.8 Å². The first-order valence-corrected chi connectivity index (χ1v) is 8.12. The van der Waals surface area contributed by atoms with Crippen LogP contribution in [0, 0.1) is 6.92 Å². The van der Waals surface area contributed by atoms with Crippen LogP contribution in [0.2, 0.25) is 0 Å². The number of aryl methyl sites for hydroxylation is 1. The van der Waals surface area contributed by atoms with Gasteiger partial charge in [0.05, 0.1) is 5.69 Å². The van der Waals surface area contributed by atoms with Crippen molar-refractivity contribution in [2.45, 2.75) is 44.0 Å². The molecular formula is C14H20N4S. The van der Waals surface area contributed by atoms with E-state index in [4.69, 9.17) is 0 Å². The maximum absolute atomic E-state index is 4.44. The summed E-state index contributed by atoms with van der Waals surface area (Å²) in [5, 5.41) is 8.84. The van der Waals surface area contributed by atoms with E-state index in [9.17, 15) is 0 Å². The van der Waals surface area contributed by atoms with Crippen LogP contribution in [0.5, 0.6) is 0 Å². The van der Waals surface area contributed by atoms with Crippen molar-refractivity contribution in [2.75, 3.05) is 6.26 Å². The van der Waals surface area contributed by atoms with Crippen LogP contribution >= 0.6 is 11.8 Å². The van der Waals surface area contributed by atoms with Gasteiger partial charge in [-0.25, -0.2) is 9.50 Å². The SMILES string of the molecule is CSC1CCCC1NCc1cnc2cc(C)nn2c1. The molecule has 102 valence electrons. The molecule has 5 heteroatoms. The number of hydrogen-bond acceptors (Lipinski definition) is 4. The lowest BCUT2D eigenvalue weighted by Gasteiger charge is -2.19. The zero-order chi connectivity index (χ0) is 13.2. The van der Waals surface area contributed by atoms with Crippen molar-refractivity contribution in [2.24, 2.45) is 0 Å².